The van der Waals surface area contributed by atoms with E-state index >= 15 is 0 Å². The van der Waals surface area contributed by atoms with Crippen LogP contribution in [0.4, 0.5) is 0 Å². The number of hydrogen-bond donors (Lipinski definition) is 1. The van der Waals surface area contributed by atoms with Gasteiger partial charge in [-0.05, 0) is 30.0 Å². The summed E-state index contributed by atoms with van der Waals surface area (Å²) in [6.07, 6.45) is 6.49. The van der Waals surface area contributed by atoms with Crippen LogP contribution in [0.1, 0.15) is 30.5 Å². The molecule has 0 radical (unpaired) electrons. The fourth-order valence-electron chi connectivity index (χ4n) is 1.30. The monoisotopic (exact) mass is 173 g/mol. The molecule has 13 heavy (non-hydrogen) atoms. The van der Waals surface area contributed by atoms with E-state index in [1.54, 1.807) is 0 Å². The van der Waals surface area contributed by atoms with Gasteiger partial charge < -0.3 is 5.41 Å². The predicted molar refractivity (Wildman–Crippen MR) is 58.4 cm³/mol. The number of allylic oxidation sites excluding steroid dienone is 1. The standard InChI is InChI=1S/C12H15N/c1-3-5-11-8-10(4-2)6-7-12(11)9-13/h3,5-9,13H,4H2,1-2H3/b5-3-,13-9?. The van der Waals surface area contributed by atoms with Crippen molar-refractivity contribution >= 4 is 12.3 Å². The van der Waals surface area contributed by atoms with Gasteiger partial charge in [-0.2, -0.15) is 0 Å². The normalized spacial score (nSPS) is 10.6. The first-order valence-corrected chi connectivity index (χ1v) is 4.58. The Labute approximate surface area is 79.6 Å². The molecule has 0 aliphatic heterocycles. The van der Waals surface area contributed by atoms with Gasteiger partial charge in [-0.3, -0.25) is 0 Å². The quantitative estimate of drug-likeness (QED) is 0.678. The molecule has 0 fully saturated rings. The van der Waals surface area contributed by atoms with E-state index in [0.717, 1.165) is 17.5 Å². The van der Waals surface area contributed by atoms with E-state index in [4.69, 9.17) is 5.41 Å². The molecule has 0 spiro atoms. The van der Waals surface area contributed by atoms with Gasteiger partial charge in [0.1, 0.15) is 0 Å². The molecular weight excluding hydrogens is 158 g/mol. The van der Waals surface area contributed by atoms with Gasteiger partial charge in [0.15, 0.2) is 0 Å². The van der Waals surface area contributed by atoms with Gasteiger partial charge in [-0.15, -0.1) is 0 Å². The van der Waals surface area contributed by atoms with E-state index in [1.807, 2.05) is 25.1 Å². The van der Waals surface area contributed by atoms with Crippen molar-refractivity contribution in [1.29, 1.82) is 5.41 Å². The highest BCUT2D eigenvalue weighted by Gasteiger charge is 1.97. The van der Waals surface area contributed by atoms with Crippen molar-refractivity contribution in [1.82, 2.24) is 0 Å². The molecule has 0 atom stereocenters. The molecule has 1 aromatic carbocycles. The van der Waals surface area contributed by atoms with Crippen molar-refractivity contribution in [2.45, 2.75) is 20.3 Å². The highest BCUT2D eigenvalue weighted by Crippen LogP contribution is 2.12. The highest BCUT2D eigenvalue weighted by molar-refractivity contribution is 5.83. The Morgan fingerprint density at radius 2 is 2.08 bits per heavy atom. The third-order valence-corrected chi connectivity index (χ3v) is 2.06. The first-order chi connectivity index (χ1) is 6.31. The third-order valence-electron chi connectivity index (χ3n) is 2.06. The minimum atomic E-state index is 0.982. The van der Waals surface area contributed by atoms with Gasteiger partial charge >= 0.3 is 0 Å². The van der Waals surface area contributed by atoms with Gasteiger partial charge in [0.2, 0.25) is 0 Å². The largest absolute Gasteiger partial charge is 0.308 e. The maximum atomic E-state index is 7.23. The molecular formula is C12H15N. The maximum Gasteiger partial charge on any atom is 0.0256 e. The van der Waals surface area contributed by atoms with Crippen molar-refractivity contribution in [3.63, 3.8) is 0 Å². The van der Waals surface area contributed by atoms with Gasteiger partial charge in [0.05, 0.1) is 0 Å². The molecule has 1 heteroatoms. The topological polar surface area (TPSA) is 23.9 Å². The lowest BCUT2D eigenvalue weighted by Crippen LogP contribution is -1.89. The van der Waals surface area contributed by atoms with Crippen molar-refractivity contribution < 1.29 is 0 Å². The lowest BCUT2D eigenvalue weighted by molar-refractivity contribution is 1.14. The molecule has 0 bridgehead atoms. The van der Waals surface area contributed by atoms with Gasteiger partial charge in [0, 0.05) is 6.21 Å². The fraction of sp³-hybridized carbons (Fsp3) is 0.250. The first kappa shape index (κ1) is 9.72. The SMILES string of the molecule is C/C=C\c1cc(CC)ccc1C=N. The maximum absolute atomic E-state index is 7.23. The summed E-state index contributed by atoms with van der Waals surface area (Å²) in [5, 5.41) is 7.23. The molecule has 1 aromatic rings. The van der Waals surface area contributed by atoms with Crippen LogP contribution < -0.4 is 0 Å². The van der Waals surface area contributed by atoms with Gasteiger partial charge in [-0.1, -0.05) is 37.3 Å². The zero-order chi connectivity index (χ0) is 9.68. The van der Waals surface area contributed by atoms with Crippen LogP contribution in [0.5, 0.6) is 0 Å². The van der Waals surface area contributed by atoms with Crippen molar-refractivity contribution in [2.75, 3.05) is 0 Å². The molecule has 1 N–H and O–H groups in total. The van der Waals surface area contributed by atoms with E-state index in [0.29, 0.717) is 0 Å². The Morgan fingerprint density at radius 1 is 1.31 bits per heavy atom. The van der Waals surface area contributed by atoms with Crippen LogP contribution in [0.2, 0.25) is 0 Å². The molecule has 0 saturated heterocycles. The summed E-state index contributed by atoms with van der Waals surface area (Å²) >= 11 is 0. The Balaban J connectivity index is 3.17. The van der Waals surface area contributed by atoms with Crippen LogP contribution >= 0.6 is 0 Å². The average Bonchev–Trinajstić information content (AvgIpc) is 2.18. The predicted octanol–water partition coefficient (Wildman–Crippen LogP) is 3.28. The second kappa shape index (κ2) is 4.61. The summed E-state index contributed by atoms with van der Waals surface area (Å²) < 4.78 is 0. The van der Waals surface area contributed by atoms with Crippen LogP contribution in [-0.4, -0.2) is 6.21 Å². The first-order valence-electron chi connectivity index (χ1n) is 4.58. The minimum absolute atomic E-state index is 0.982. The molecule has 0 aliphatic carbocycles. The molecule has 1 rings (SSSR count). The molecule has 0 aromatic heterocycles. The number of nitrogens with one attached hydrogen (secondary N) is 1. The van der Waals surface area contributed by atoms with E-state index in [2.05, 4.69) is 19.1 Å². The lowest BCUT2D eigenvalue weighted by atomic mass is 10.0. The summed E-state index contributed by atoms with van der Waals surface area (Å²) in [6.45, 7) is 4.13. The number of rotatable bonds is 3. The molecule has 0 aliphatic rings. The van der Waals surface area contributed by atoms with Crippen LogP contribution in [0.25, 0.3) is 6.08 Å². The van der Waals surface area contributed by atoms with E-state index in [-0.39, 0.29) is 0 Å². The second-order valence-electron chi connectivity index (χ2n) is 2.96. The number of benzene rings is 1. The summed E-state index contributed by atoms with van der Waals surface area (Å²) in [5.41, 5.74) is 3.44. The molecule has 0 saturated carbocycles. The fourth-order valence-corrected chi connectivity index (χ4v) is 1.30. The molecule has 1 nitrogen and oxygen atoms in total. The highest BCUT2D eigenvalue weighted by atomic mass is 14.3. The third kappa shape index (κ3) is 2.28. The van der Waals surface area contributed by atoms with Crippen LogP contribution in [0, 0.1) is 5.41 Å². The average molecular weight is 173 g/mol. The Kier molecular flexibility index (Phi) is 3.44. The van der Waals surface area contributed by atoms with Gasteiger partial charge in [-0.25, -0.2) is 0 Å². The number of aryl methyl sites for hydroxylation is 1. The van der Waals surface area contributed by atoms with Crippen LogP contribution in [0.3, 0.4) is 0 Å². The summed E-state index contributed by atoms with van der Waals surface area (Å²) in [6, 6.07) is 6.22. The van der Waals surface area contributed by atoms with Crippen molar-refractivity contribution in [3.05, 3.63) is 41.0 Å². The van der Waals surface area contributed by atoms with Gasteiger partial charge in [0.25, 0.3) is 0 Å². The van der Waals surface area contributed by atoms with E-state index < -0.39 is 0 Å². The van der Waals surface area contributed by atoms with Crippen LogP contribution in [-0.2, 0) is 6.42 Å². The van der Waals surface area contributed by atoms with E-state index in [9.17, 15) is 0 Å². The summed E-state index contributed by atoms with van der Waals surface area (Å²) in [5.74, 6) is 0. The lowest BCUT2D eigenvalue weighted by Gasteiger charge is -2.02. The Bertz CT molecular complexity index is 324. The Hall–Kier alpha value is -1.37. The minimum Gasteiger partial charge on any atom is -0.308 e. The molecule has 0 unspecified atom stereocenters. The second-order valence-corrected chi connectivity index (χ2v) is 2.96. The molecule has 68 valence electrons. The Morgan fingerprint density at radius 3 is 2.62 bits per heavy atom. The zero-order valence-electron chi connectivity index (χ0n) is 8.17. The van der Waals surface area contributed by atoms with Crippen LogP contribution in [0.15, 0.2) is 24.3 Å². The smallest absolute Gasteiger partial charge is 0.0256 e. The molecule has 0 amide bonds. The summed E-state index contributed by atoms with van der Waals surface area (Å²) in [4.78, 5) is 0. The van der Waals surface area contributed by atoms with E-state index in [1.165, 1.54) is 11.8 Å². The number of hydrogen-bond acceptors (Lipinski definition) is 1. The zero-order valence-corrected chi connectivity index (χ0v) is 8.17. The summed E-state index contributed by atoms with van der Waals surface area (Å²) in [7, 11) is 0. The van der Waals surface area contributed by atoms with Crippen molar-refractivity contribution in [2.24, 2.45) is 0 Å². The van der Waals surface area contributed by atoms with Crippen molar-refractivity contribution in [3.8, 4) is 0 Å². The molecule has 0 heterocycles.